The molecule has 7 nitrogen and oxygen atoms in total. The molecule has 0 aromatic heterocycles. The Labute approximate surface area is 151 Å². The Kier molecular flexibility index (Phi) is 6.71. The fourth-order valence-electron chi connectivity index (χ4n) is 2.33. The molecule has 0 aliphatic carbocycles. The zero-order valence-corrected chi connectivity index (χ0v) is 14.4. The third kappa shape index (κ3) is 6.19. The van der Waals surface area contributed by atoms with Crippen molar-refractivity contribution >= 4 is 11.8 Å². The highest BCUT2D eigenvalue weighted by Gasteiger charge is 2.23. The molecule has 0 aliphatic rings. The van der Waals surface area contributed by atoms with Gasteiger partial charge in [-0.25, -0.2) is 5.48 Å². The van der Waals surface area contributed by atoms with E-state index in [1.54, 1.807) is 24.3 Å². The highest BCUT2D eigenvalue weighted by atomic mass is 16.5. The van der Waals surface area contributed by atoms with E-state index in [4.69, 9.17) is 9.94 Å². The number of hydroxylamine groups is 1. The van der Waals surface area contributed by atoms with Crippen LogP contribution < -0.4 is 15.5 Å². The predicted octanol–water partition coefficient (Wildman–Crippen LogP) is 2.59. The Hall–Kier alpha value is -2.90. The van der Waals surface area contributed by atoms with Crippen molar-refractivity contribution in [1.29, 1.82) is 0 Å². The first-order chi connectivity index (χ1) is 12.4. The van der Waals surface area contributed by atoms with Gasteiger partial charge < -0.3 is 15.2 Å². The Balaban J connectivity index is 1.89. The van der Waals surface area contributed by atoms with Crippen LogP contribution in [0, 0.1) is 0 Å². The van der Waals surface area contributed by atoms with Crippen LogP contribution in [0.4, 0.5) is 0 Å². The maximum absolute atomic E-state index is 12.3. The molecule has 2 aromatic carbocycles. The molecule has 7 heteroatoms. The van der Waals surface area contributed by atoms with Crippen LogP contribution in [0.1, 0.15) is 36.5 Å². The zero-order valence-electron chi connectivity index (χ0n) is 14.4. The van der Waals surface area contributed by atoms with Crippen molar-refractivity contribution in [2.24, 2.45) is 0 Å². The first-order valence-electron chi connectivity index (χ1n) is 8.20. The molecule has 0 spiro atoms. The van der Waals surface area contributed by atoms with Crippen molar-refractivity contribution in [2.45, 2.75) is 31.9 Å². The van der Waals surface area contributed by atoms with E-state index in [1.165, 1.54) is 12.4 Å². The zero-order chi connectivity index (χ0) is 19.0. The number of para-hydroxylation sites is 1. The lowest BCUT2D eigenvalue weighted by atomic mass is 10.1. The summed E-state index contributed by atoms with van der Waals surface area (Å²) < 4.78 is 5.66. The number of amides is 2. The van der Waals surface area contributed by atoms with Gasteiger partial charge in [0.15, 0.2) is 0 Å². The van der Waals surface area contributed by atoms with Crippen molar-refractivity contribution in [1.82, 2.24) is 10.8 Å². The summed E-state index contributed by atoms with van der Waals surface area (Å²) >= 11 is 0. The standard InChI is InChI=1S/C19H22N2O5/c1-19(24,13-5-8-17(22)21-25)20-18(23)14-9-11-16(12-10-14)26-15-6-3-2-4-7-15/h2-4,6-7,9-12,24-25H,5,8,13H2,1H3,(H,20,23)(H,21,22). The molecule has 4 N–H and O–H groups in total. The second kappa shape index (κ2) is 8.98. The third-order valence-electron chi connectivity index (χ3n) is 3.67. The molecule has 0 heterocycles. The van der Waals surface area contributed by atoms with Crippen molar-refractivity contribution in [3.63, 3.8) is 0 Å². The monoisotopic (exact) mass is 358 g/mol. The topological polar surface area (TPSA) is 108 Å². The van der Waals surface area contributed by atoms with Crippen LogP contribution in [-0.4, -0.2) is 27.9 Å². The summed E-state index contributed by atoms with van der Waals surface area (Å²) in [5, 5.41) is 21.2. The molecule has 26 heavy (non-hydrogen) atoms. The lowest BCUT2D eigenvalue weighted by molar-refractivity contribution is -0.129. The molecule has 0 bridgehead atoms. The number of carbonyl (C=O) groups is 2. The molecule has 0 fully saturated rings. The number of aliphatic hydroxyl groups is 1. The second-order valence-electron chi connectivity index (χ2n) is 6.06. The molecule has 1 atom stereocenters. The molecular weight excluding hydrogens is 336 g/mol. The highest BCUT2D eigenvalue weighted by molar-refractivity contribution is 5.94. The normalized spacial score (nSPS) is 12.7. The average Bonchev–Trinajstić information content (AvgIpc) is 2.62. The summed E-state index contributed by atoms with van der Waals surface area (Å²) in [6.45, 7) is 1.45. The van der Waals surface area contributed by atoms with E-state index in [9.17, 15) is 14.7 Å². The van der Waals surface area contributed by atoms with Gasteiger partial charge in [-0.2, -0.15) is 0 Å². The molecule has 0 aliphatic heterocycles. The van der Waals surface area contributed by atoms with Crippen molar-refractivity contribution in [3.05, 3.63) is 60.2 Å². The predicted molar refractivity (Wildman–Crippen MR) is 94.8 cm³/mol. The van der Waals surface area contributed by atoms with Gasteiger partial charge in [0.2, 0.25) is 5.91 Å². The van der Waals surface area contributed by atoms with Crippen LogP contribution in [0.25, 0.3) is 0 Å². The van der Waals surface area contributed by atoms with Gasteiger partial charge in [-0.3, -0.25) is 14.8 Å². The van der Waals surface area contributed by atoms with Crippen LogP contribution in [0.2, 0.25) is 0 Å². The van der Waals surface area contributed by atoms with Gasteiger partial charge >= 0.3 is 0 Å². The second-order valence-corrected chi connectivity index (χ2v) is 6.06. The number of hydrogen-bond acceptors (Lipinski definition) is 5. The fraction of sp³-hybridized carbons (Fsp3) is 0.263. The minimum absolute atomic E-state index is 0.0496. The van der Waals surface area contributed by atoms with E-state index in [2.05, 4.69) is 5.32 Å². The molecule has 138 valence electrons. The van der Waals surface area contributed by atoms with Gasteiger partial charge in [-0.15, -0.1) is 0 Å². The van der Waals surface area contributed by atoms with Crippen molar-refractivity contribution in [2.75, 3.05) is 0 Å². The fourth-order valence-corrected chi connectivity index (χ4v) is 2.33. The molecule has 2 rings (SSSR count). The Bertz CT molecular complexity index is 729. The average molecular weight is 358 g/mol. The van der Waals surface area contributed by atoms with Crippen LogP contribution in [0.15, 0.2) is 54.6 Å². The van der Waals surface area contributed by atoms with Gasteiger partial charge in [0.25, 0.3) is 5.91 Å². The van der Waals surface area contributed by atoms with Gasteiger partial charge in [-0.1, -0.05) is 18.2 Å². The van der Waals surface area contributed by atoms with Crippen LogP contribution in [0.3, 0.4) is 0 Å². The SMILES string of the molecule is CC(O)(CCCC(=O)NO)NC(=O)c1ccc(Oc2ccccc2)cc1. The Morgan fingerprint density at radius 2 is 1.65 bits per heavy atom. The number of carbonyl (C=O) groups excluding carboxylic acids is 2. The molecule has 0 saturated heterocycles. The van der Waals surface area contributed by atoms with Gasteiger partial charge in [-0.05, 0) is 56.2 Å². The van der Waals surface area contributed by atoms with E-state index >= 15 is 0 Å². The van der Waals surface area contributed by atoms with Crippen LogP contribution in [-0.2, 0) is 4.79 Å². The largest absolute Gasteiger partial charge is 0.457 e. The number of nitrogens with one attached hydrogen (secondary N) is 2. The number of rotatable bonds is 8. The summed E-state index contributed by atoms with van der Waals surface area (Å²) in [7, 11) is 0. The van der Waals surface area contributed by atoms with Crippen molar-refractivity contribution in [3.8, 4) is 11.5 Å². The summed E-state index contributed by atoms with van der Waals surface area (Å²) in [6, 6.07) is 15.8. The molecule has 0 saturated carbocycles. The Morgan fingerprint density at radius 3 is 2.27 bits per heavy atom. The van der Waals surface area contributed by atoms with Gasteiger partial charge in [0.05, 0.1) is 0 Å². The van der Waals surface area contributed by atoms with Gasteiger partial charge in [0.1, 0.15) is 17.2 Å². The summed E-state index contributed by atoms with van der Waals surface area (Å²) in [5.74, 6) is 0.308. The maximum Gasteiger partial charge on any atom is 0.253 e. The quantitative estimate of drug-likeness (QED) is 0.330. The first-order valence-corrected chi connectivity index (χ1v) is 8.20. The maximum atomic E-state index is 12.3. The first kappa shape index (κ1) is 19.4. The lowest BCUT2D eigenvalue weighted by Gasteiger charge is -2.24. The van der Waals surface area contributed by atoms with E-state index in [1.807, 2.05) is 30.3 Å². The molecule has 0 radical (unpaired) electrons. The van der Waals surface area contributed by atoms with E-state index < -0.39 is 17.5 Å². The molecule has 2 amide bonds. The van der Waals surface area contributed by atoms with E-state index in [-0.39, 0.29) is 12.8 Å². The van der Waals surface area contributed by atoms with Crippen LogP contribution in [0.5, 0.6) is 11.5 Å². The number of ether oxygens (including phenoxy) is 1. The summed E-state index contributed by atoms with van der Waals surface area (Å²) in [5.41, 5.74) is 0.428. The van der Waals surface area contributed by atoms with Crippen LogP contribution >= 0.6 is 0 Å². The summed E-state index contributed by atoms with van der Waals surface area (Å²) in [6.07, 6.45) is 0.527. The molecule has 2 aromatic rings. The van der Waals surface area contributed by atoms with E-state index in [0.717, 1.165) is 0 Å². The minimum Gasteiger partial charge on any atom is -0.457 e. The highest BCUT2D eigenvalue weighted by Crippen LogP contribution is 2.21. The lowest BCUT2D eigenvalue weighted by Crippen LogP contribution is -2.46. The van der Waals surface area contributed by atoms with E-state index in [0.29, 0.717) is 23.5 Å². The summed E-state index contributed by atoms with van der Waals surface area (Å²) in [4.78, 5) is 23.2. The minimum atomic E-state index is -1.47. The number of hydrogen-bond donors (Lipinski definition) is 4. The molecule has 1 unspecified atom stereocenters. The van der Waals surface area contributed by atoms with Gasteiger partial charge in [0, 0.05) is 12.0 Å². The molecular formula is C19H22N2O5. The Morgan fingerprint density at radius 1 is 1.04 bits per heavy atom. The number of benzene rings is 2. The third-order valence-corrected chi connectivity index (χ3v) is 3.67. The van der Waals surface area contributed by atoms with Crippen molar-refractivity contribution < 1.29 is 24.6 Å². The smallest absolute Gasteiger partial charge is 0.253 e.